The van der Waals surface area contributed by atoms with Crippen LogP contribution in [0.25, 0.3) is 0 Å². The second-order valence-corrected chi connectivity index (χ2v) is 6.60. The first-order valence-electron chi connectivity index (χ1n) is 7.01. The highest BCUT2D eigenvalue weighted by atomic mass is 32.2. The number of nitrogens with one attached hydrogen (secondary N) is 1. The lowest BCUT2D eigenvalue weighted by molar-refractivity contribution is -0.115. The number of hydrogen-bond donors (Lipinski definition) is 2. The number of thioether (sulfide) groups is 2. The van der Waals surface area contributed by atoms with E-state index in [-0.39, 0.29) is 17.4 Å². The highest BCUT2D eigenvalue weighted by Gasteiger charge is 2.11. The third-order valence-corrected chi connectivity index (χ3v) is 4.85. The van der Waals surface area contributed by atoms with Gasteiger partial charge in [0.05, 0.1) is 17.2 Å². The SMILES string of the molecule is C=CCn1cnnc1SCC(=O)Nc1ccccc1SCC(N)=O. The van der Waals surface area contributed by atoms with Gasteiger partial charge in [-0.1, -0.05) is 30.0 Å². The van der Waals surface area contributed by atoms with Gasteiger partial charge in [0.2, 0.25) is 11.8 Å². The van der Waals surface area contributed by atoms with Crippen LogP contribution in [0.2, 0.25) is 0 Å². The summed E-state index contributed by atoms with van der Waals surface area (Å²) in [6.07, 6.45) is 3.33. The van der Waals surface area contributed by atoms with Crippen molar-refractivity contribution in [3.05, 3.63) is 43.2 Å². The number of anilines is 1. The van der Waals surface area contributed by atoms with Gasteiger partial charge in [-0.3, -0.25) is 9.59 Å². The number of aromatic nitrogens is 3. The van der Waals surface area contributed by atoms with E-state index < -0.39 is 5.91 Å². The number of nitrogens with two attached hydrogens (primary N) is 1. The van der Waals surface area contributed by atoms with Gasteiger partial charge in [-0.25, -0.2) is 0 Å². The van der Waals surface area contributed by atoms with Gasteiger partial charge in [0.1, 0.15) is 6.33 Å². The molecule has 0 atom stereocenters. The molecule has 2 amide bonds. The van der Waals surface area contributed by atoms with E-state index in [2.05, 4.69) is 22.1 Å². The summed E-state index contributed by atoms with van der Waals surface area (Å²) in [5.74, 6) is -0.213. The summed E-state index contributed by atoms with van der Waals surface area (Å²) in [5.41, 5.74) is 5.81. The molecule has 0 radical (unpaired) electrons. The molecule has 0 saturated heterocycles. The molecular formula is C15H17N5O2S2. The molecule has 7 nitrogen and oxygen atoms in total. The highest BCUT2D eigenvalue weighted by molar-refractivity contribution is 8.00. The van der Waals surface area contributed by atoms with Gasteiger partial charge in [0, 0.05) is 11.4 Å². The first kappa shape index (κ1) is 18.1. The molecule has 0 saturated carbocycles. The van der Waals surface area contributed by atoms with Crippen LogP contribution in [0.1, 0.15) is 0 Å². The van der Waals surface area contributed by atoms with Gasteiger partial charge in [0.25, 0.3) is 0 Å². The Kier molecular flexibility index (Phi) is 6.89. The summed E-state index contributed by atoms with van der Waals surface area (Å²) in [5, 5.41) is 11.3. The number of carbonyl (C=O) groups excluding carboxylic acids is 2. The summed E-state index contributed by atoms with van der Waals surface area (Å²) >= 11 is 2.58. The second-order valence-electron chi connectivity index (χ2n) is 4.64. The summed E-state index contributed by atoms with van der Waals surface area (Å²) in [6.45, 7) is 4.25. The Morgan fingerprint density at radius 1 is 1.29 bits per heavy atom. The number of allylic oxidation sites excluding steroid dienone is 1. The fourth-order valence-electron chi connectivity index (χ4n) is 1.78. The molecule has 1 aromatic carbocycles. The molecule has 0 unspecified atom stereocenters. The lowest BCUT2D eigenvalue weighted by Crippen LogP contribution is -2.16. The van der Waals surface area contributed by atoms with Gasteiger partial charge in [-0.15, -0.1) is 28.5 Å². The Morgan fingerprint density at radius 2 is 2.08 bits per heavy atom. The van der Waals surface area contributed by atoms with Gasteiger partial charge in [0.15, 0.2) is 5.16 Å². The lowest BCUT2D eigenvalue weighted by atomic mass is 10.3. The monoisotopic (exact) mass is 363 g/mol. The third kappa shape index (κ3) is 5.43. The molecule has 3 N–H and O–H groups in total. The van der Waals surface area contributed by atoms with Gasteiger partial charge in [-0.05, 0) is 12.1 Å². The molecule has 2 aromatic rings. The average Bonchev–Trinajstić information content (AvgIpc) is 3.00. The van der Waals surface area contributed by atoms with Crippen LogP contribution >= 0.6 is 23.5 Å². The lowest BCUT2D eigenvalue weighted by Gasteiger charge is -2.10. The van der Waals surface area contributed by atoms with E-state index in [9.17, 15) is 9.59 Å². The molecule has 0 bridgehead atoms. The average molecular weight is 363 g/mol. The minimum absolute atomic E-state index is 0.159. The number of primary amides is 1. The molecule has 0 spiro atoms. The topological polar surface area (TPSA) is 103 Å². The molecule has 0 aliphatic carbocycles. The number of para-hydroxylation sites is 1. The van der Waals surface area contributed by atoms with Crippen molar-refractivity contribution >= 4 is 41.0 Å². The Bertz CT molecular complexity index is 732. The van der Waals surface area contributed by atoms with Crippen molar-refractivity contribution in [1.82, 2.24) is 14.8 Å². The van der Waals surface area contributed by atoms with E-state index >= 15 is 0 Å². The van der Waals surface area contributed by atoms with Crippen LogP contribution in [0.5, 0.6) is 0 Å². The number of hydrogen-bond acceptors (Lipinski definition) is 6. The zero-order valence-electron chi connectivity index (χ0n) is 12.8. The van der Waals surface area contributed by atoms with Crippen LogP contribution in [0.3, 0.4) is 0 Å². The molecule has 1 heterocycles. The number of amides is 2. The maximum absolute atomic E-state index is 12.2. The predicted molar refractivity (Wildman–Crippen MR) is 95.9 cm³/mol. The van der Waals surface area contributed by atoms with E-state index in [0.29, 0.717) is 17.4 Å². The van der Waals surface area contributed by atoms with Crippen LogP contribution in [-0.4, -0.2) is 38.1 Å². The van der Waals surface area contributed by atoms with Crippen molar-refractivity contribution in [1.29, 1.82) is 0 Å². The molecular weight excluding hydrogens is 346 g/mol. The fraction of sp³-hybridized carbons (Fsp3) is 0.200. The maximum atomic E-state index is 12.2. The van der Waals surface area contributed by atoms with Crippen molar-refractivity contribution in [2.45, 2.75) is 16.6 Å². The molecule has 9 heteroatoms. The number of nitrogens with zero attached hydrogens (tertiary/aromatic N) is 3. The van der Waals surface area contributed by atoms with Crippen molar-refractivity contribution in [2.75, 3.05) is 16.8 Å². The second kappa shape index (κ2) is 9.14. The van der Waals surface area contributed by atoms with Gasteiger partial charge < -0.3 is 15.6 Å². The van der Waals surface area contributed by atoms with Crippen molar-refractivity contribution in [2.24, 2.45) is 5.73 Å². The van der Waals surface area contributed by atoms with Crippen LogP contribution in [0, 0.1) is 0 Å². The maximum Gasteiger partial charge on any atom is 0.234 e. The van der Waals surface area contributed by atoms with Crippen molar-refractivity contribution < 1.29 is 9.59 Å². The molecule has 24 heavy (non-hydrogen) atoms. The van der Waals surface area contributed by atoms with Crippen molar-refractivity contribution in [3.63, 3.8) is 0 Å². The fourth-order valence-corrected chi connectivity index (χ4v) is 3.25. The molecule has 126 valence electrons. The van der Waals surface area contributed by atoms with E-state index in [4.69, 9.17) is 5.73 Å². The molecule has 0 aliphatic heterocycles. The largest absolute Gasteiger partial charge is 0.369 e. The van der Waals surface area contributed by atoms with Gasteiger partial charge in [-0.2, -0.15) is 0 Å². The van der Waals surface area contributed by atoms with E-state index in [0.717, 1.165) is 4.90 Å². The van der Waals surface area contributed by atoms with Crippen LogP contribution in [0.4, 0.5) is 5.69 Å². The number of rotatable bonds is 9. The quantitative estimate of drug-likeness (QED) is 0.520. The zero-order valence-corrected chi connectivity index (χ0v) is 14.5. The normalized spacial score (nSPS) is 10.3. The van der Waals surface area contributed by atoms with Gasteiger partial charge >= 0.3 is 0 Å². The zero-order chi connectivity index (χ0) is 17.4. The standard InChI is InChI=1S/C15H17N5O2S2/c1-2-7-20-10-17-19-15(20)24-9-14(22)18-11-5-3-4-6-12(11)23-8-13(16)21/h2-6,10H,1,7-9H2,(H2,16,21)(H,18,22). The smallest absolute Gasteiger partial charge is 0.234 e. The minimum atomic E-state index is -0.404. The van der Waals surface area contributed by atoms with Crippen molar-refractivity contribution in [3.8, 4) is 0 Å². The van der Waals surface area contributed by atoms with Crippen LogP contribution < -0.4 is 11.1 Å². The Balaban J connectivity index is 1.93. The number of benzene rings is 1. The summed E-state index contributed by atoms with van der Waals surface area (Å²) in [4.78, 5) is 23.9. The molecule has 0 aliphatic rings. The first-order chi connectivity index (χ1) is 11.6. The van der Waals surface area contributed by atoms with Crippen LogP contribution in [-0.2, 0) is 16.1 Å². The Labute approximate surface area is 148 Å². The first-order valence-corrected chi connectivity index (χ1v) is 8.98. The van der Waals surface area contributed by atoms with Crippen LogP contribution in [0.15, 0.2) is 53.3 Å². The third-order valence-electron chi connectivity index (χ3n) is 2.77. The summed E-state index contributed by atoms with van der Waals surface area (Å²) < 4.78 is 1.81. The summed E-state index contributed by atoms with van der Waals surface area (Å²) in [6, 6.07) is 7.27. The Morgan fingerprint density at radius 3 is 2.83 bits per heavy atom. The molecule has 1 aromatic heterocycles. The van der Waals surface area contributed by atoms with E-state index in [1.54, 1.807) is 18.5 Å². The predicted octanol–water partition coefficient (Wildman–Crippen LogP) is 1.77. The van der Waals surface area contributed by atoms with E-state index in [1.807, 2.05) is 22.8 Å². The molecule has 2 rings (SSSR count). The number of carbonyl (C=O) groups is 2. The summed E-state index contributed by atoms with van der Waals surface area (Å²) in [7, 11) is 0. The Hall–Kier alpha value is -2.26. The minimum Gasteiger partial charge on any atom is -0.369 e. The highest BCUT2D eigenvalue weighted by Crippen LogP contribution is 2.27. The van der Waals surface area contributed by atoms with E-state index in [1.165, 1.54) is 23.5 Å². The molecule has 0 fully saturated rings.